The molecule has 1 aliphatic heterocycles. The van der Waals surface area contributed by atoms with Crippen LogP contribution in [0.3, 0.4) is 0 Å². The predicted molar refractivity (Wildman–Crippen MR) is 62.5 cm³/mol. The van der Waals surface area contributed by atoms with Gasteiger partial charge in [0.1, 0.15) is 6.29 Å². The average molecular weight is 217 g/mol. The Morgan fingerprint density at radius 1 is 1.38 bits per heavy atom. The van der Waals surface area contributed by atoms with Crippen LogP contribution in [-0.2, 0) is 15.0 Å². The lowest BCUT2D eigenvalue weighted by Gasteiger charge is -2.37. The third kappa shape index (κ3) is 1.62. The molecular formula is C13H15NO2. The molecule has 1 heterocycles. The molecule has 0 N–H and O–H groups in total. The second kappa shape index (κ2) is 3.74. The predicted octanol–water partition coefficient (Wildman–Crippen LogP) is 1.90. The van der Waals surface area contributed by atoms with Crippen molar-refractivity contribution in [3.05, 3.63) is 29.8 Å². The second-order valence-corrected chi connectivity index (χ2v) is 4.75. The molecule has 0 aliphatic carbocycles. The van der Waals surface area contributed by atoms with Crippen LogP contribution in [0.1, 0.15) is 25.8 Å². The van der Waals surface area contributed by atoms with Crippen molar-refractivity contribution in [2.75, 3.05) is 11.4 Å². The van der Waals surface area contributed by atoms with Crippen LogP contribution >= 0.6 is 0 Å². The number of para-hydroxylation sites is 1. The van der Waals surface area contributed by atoms with Crippen molar-refractivity contribution < 1.29 is 9.59 Å². The molecule has 1 amide bonds. The van der Waals surface area contributed by atoms with Gasteiger partial charge in [0.05, 0.1) is 6.54 Å². The number of carbonyl (C=O) groups is 2. The summed E-state index contributed by atoms with van der Waals surface area (Å²) in [4.78, 5) is 24.1. The Hall–Kier alpha value is -1.64. The highest BCUT2D eigenvalue weighted by atomic mass is 16.2. The fourth-order valence-corrected chi connectivity index (χ4v) is 2.26. The summed E-state index contributed by atoms with van der Waals surface area (Å²) in [6.45, 7) is 4.26. The van der Waals surface area contributed by atoms with Crippen molar-refractivity contribution in [2.45, 2.75) is 25.7 Å². The summed E-state index contributed by atoms with van der Waals surface area (Å²) < 4.78 is 0. The maximum atomic E-state index is 11.9. The van der Waals surface area contributed by atoms with Gasteiger partial charge in [-0.3, -0.25) is 4.79 Å². The number of amides is 1. The van der Waals surface area contributed by atoms with Gasteiger partial charge in [0.15, 0.2) is 0 Å². The first-order valence-corrected chi connectivity index (χ1v) is 5.40. The molecule has 1 aromatic carbocycles. The number of aldehydes is 1. The van der Waals surface area contributed by atoms with E-state index in [1.807, 2.05) is 24.3 Å². The van der Waals surface area contributed by atoms with Gasteiger partial charge < -0.3 is 9.69 Å². The highest BCUT2D eigenvalue weighted by Gasteiger charge is 2.35. The Kier molecular flexibility index (Phi) is 2.54. The molecule has 84 valence electrons. The highest BCUT2D eigenvalue weighted by Crippen LogP contribution is 2.39. The zero-order chi connectivity index (χ0) is 11.8. The minimum atomic E-state index is -0.146. The van der Waals surface area contributed by atoms with E-state index in [9.17, 15) is 9.59 Å². The Labute approximate surface area is 95.1 Å². The lowest BCUT2D eigenvalue weighted by molar-refractivity contribution is -0.121. The van der Waals surface area contributed by atoms with E-state index in [0.717, 1.165) is 17.5 Å². The second-order valence-electron chi connectivity index (χ2n) is 4.75. The normalized spacial score (nSPS) is 18.1. The summed E-state index contributed by atoms with van der Waals surface area (Å²) in [7, 11) is 0. The monoisotopic (exact) mass is 217 g/mol. The van der Waals surface area contributed by atoms with Crippen molar-refractivity contribution in [1.82, 2.24) is 0 Å². The van der Waals surface area contributed by atoms with Crippen molar-refractivity contribution in [3.63, 3.8) is 0 Å². The number of benzene rings is 1. The van der Waals surface area contributed by atoms with Gasteiger partial charge in [-0.25, -0.2) is 0 Å². The number of hydrogen-bond acceptors (Lipinski definition) is 2. The number of nitrogens with zero attached hydrogens (tertiary/aromatic N) is 1. The topological polar surface area (TPSA) is 37.4 Å². The third-order valence-corrected chi connectivity index (χ3v) is 3.08. The maximum absolute atomic E-state index is 11.9. The van der Waals surface area contributed by atoms with Crippen molar-refractivity contribution >= 4 is 17.9 Å². The zero-order valence-corrected chi connectivity index (χ0v) is 9.56. The fourth-order valence-electron chi connectivity index (χ4n) is 2.26. The van der Waals surface area contributed by atoms with Crippen LogP contribution in [-0.4, -0.2) is 18.7 Å². The Balaban J connectivity index is 2.54. The van der Waals surface area contributed by atoms with Crippen molar-refractivity contribution in [2.24, 2.45) is 0 Å². The zero-order valence-electron chi connectivity index (χ0n) is 9.56. The first-order valence-electron chi connectivity index (χ1n) is 5.40. The molecular weight excluding hydrogens is 202 g/mol. The van der Waals surface area contributed by atoms with Crippen molar-refractivity contribution in [3.8, 4) is 0 Å². The summed E-state index contributed by atoms with van der Waals surface area (Å²) in [5, 5.41) is 0. The van der Waals surface area contributed by atoms with Gasteiger partial charge >= 0.3 is 0 Å². The first-order chi connectivity index (χ1) is 7.56. The molecule has 0 fully saturated rings. The van der Waals surface area contributed by atoms with Crippen LogP contribution < -0.4 is 4.90 Å². The van der Waals surface area contributed by atoms with Gasteiger partial charge in [-0.15, -0.1) is 0 Å². The van der Waals surface area contributed by atoms with Crippen LogP contribution in [0.4, 0.5) is 5.69 Å². The standard InChI is InChI=1S/C13H15NO2/c1-13(2)9-12(16)14(7-8-15)11-6-4-3-5-10(11)13/h3-6,8H,7,9H2,1-2H3. The maximum Gasteiger partial charge on any atom is 0.228 e. The fraction of sp³-hybridized carbons (Fsp3) is 0.385. The summed E-state index contributed by atoms with van der Waals surface area (Å²) >= 11 is 0. The molecule has 2 rings (SSSR count). The quantitative estimate of drug-likeness (QED) is 0.709. The van der Waals surface area contributed by atoms with Gasteiger partial charge in [0.25, 0.3) is 0 Å². The van der Waals surface area contributed by atoms with Gasteiger partial charge in [-0.1, -0.05) is 32.0 Å². The lowest BCUT2D eigenvalue weighted by Crippen LogP contribution is -2.42. The SMILES string of the molecule is CC1(C)CC(=O)N(CC=O)c2ccccc21. The smallest absolute Gasteiger partial charge is 0.228 e. The van der Waals surface area contributed by atoms with E-state index in [2.05, 4.69) is 13.8 Å². The molecule has 16 heavy (non-hydrogen) atoms. The third-order valence-electron chi connectivity index (χ3n) is 3.08. The molecule has 0 saturated heterocycles. The molecule has 0 saturated carbocycles. The number of anilines is 1. The molecule has 0 spiro atoms. The number of fused-ring (bicyclic) bond motifs is 1. The van der Waals surface area contributed by atoms with Gasteiger partial charge in [-0.05, 0) is 11.6 Å². The minimum Gasteiger partial charge on any atom is -0.305 e. The van der Waals surface area contributed by atoms with Gasteiger partial charge in [0, 0.05) is 17.5 Å². The summed E-state index contributed by atoms with van der Waals surface area (Å²) in [6, 6.07) is 7.79. The number of hydrogen-bond donors (Lipinski definition) is 0. The number of carbonyl (C=O) groups excluding carboxylic acids is 2. The van der Waals surface area contributed by atoms with Crippen molar-refractivity contribution in [1.29, 1.82) is 0 Å². The van der Waals surface area contributed by atoms with Crippen LogP contribution in [0, 0.1) is 0 Å². The molecule has 0 bridgehead atoms. The Morgan fingerprint density at radius 3 is 2.75 bits per heavy atom. The first kappa shape index (κ1) is 10.9. The Bertz CT molecular complexity index is 437. The van der Waals surface area contributed by atoms with Crippen LogP contribution in [0.5, 0.6) is 0 Å². The van der Waals surface area contributed by atoms with Crippen LogP contribution in [0.15, 0.2) is 24.3 Å². The molecule has 0 atom stereocenters. The van der Waals surface area contributed by atoms with Crippen LogP contribution in [0.2, 0.25) is 0 Å². The lowest BCUT2D eigenvalue weighted by atomic mass is 9.77. The molecule has 3 nitrogen and oxygen atoms in total. The van der Waals surface area contributed by atoms with E-state index >= 15 is 0 Å². The van der Waals surface area contributed by atoms with Gasteiger partial charge in [-0.2, -0.15) is 0 Å². The molecule has 3 heteroatoms. The average Bonchev–Trinajstić information content (AvgIpc) is 2.24. The van der Waals surface area contributed by atoms with E-state index in [1.165, 1.54) is 0 Å². The molecule has 0 unspecified atom stereocenters. The Morgan fingerprint density at radius 2 is 2.06 bits per heavy atom. The van der Waals surface area contributed by atoms with E-state index in [1.54, 1.807) is 4.90 Å². The summed E-state index contributed by atoms with van der Waals surface area (Å²) in [6.07, 6.45) is 1.23. The largest absolute Gasteiger partial charge is 0.305 e. The molecule has 0 radical (unpaired) electrons. The summed E-state index contributed by atoms with van der Waals surface area (Å²) in [5.41, 5.74) is 1.86. The van der Waals surface area contributed by atoms with E-state index in [0.29, 0.717) is 6.42 Å². The highest BCUT2D eigenvalue weighted by molar-refractivity contribution is 5.99. The van der Waals surface area contributed by atoms with E-state index in [-0.39, 0.29) is 17.9 Å². The number of rotatable bonds is 2. The summed E-state index contributed by atoms with van der Waals surface area (Å²) in [5.74, 6) is 0.0239. The molecule has 1 aromatic rings. The van der Waals surface area contributed by atoms with E-state index in [4.69, 9.17) is 0 Å². The minimum absolute atomic E-state index is 0.0239. The molecule has 1 aliphatic rings. The van der Waals surface area contributed by atoms with E-state index < -0.39 is 0 Å². The van der Waals surface area contributed by atoms with Crippen LogP contribution in [0.25, 0.3) is 0 Å². The van der Waals surface area contributed by atoms with Gasteiger partial charge in [0.2, 0.25) is 5.91 Å². The molecule has 0 aromatic heterocycles.